The fourth-order valence-electron chi connectivity index (χ4n) is 1.58. The van der Waals surface area contributed by atoms with Crippen molar-refractivity contribution in [1.82, 2.24) is 0 Å². The summed E-state index contributed by atoms with van der Waals surface area (Å²) in [5.74, 6) is 0.495. The van der Waals surface area contributed by atoms with Gasteiger partial charge in [0.1, 0.15) is 0 Å². The lowest BCUT2D eigenvalue weighted by molar-refractivity contribution is -0.539. The molecular weight excluding hydrogens is 138 g/mol. The first-order valence-corrected chi connectivity index (χ1v) is 4.32. The minimum absolute atomic E-state index is 0.175. The first-order chi connectivity index (χ1) is 5.00. The molecule has 0 aromatic heterocycles. The van der Waals surface area contributed by atoms with Crippen molar-refractivity contribution in [3.63, 3.8) is 0 Å². The van der Waals surface area contributed by atoms with Crippen molar-refractivity contribution < 1.29 is 4.74 Å². The first-order valence-electron chi connectivity index (χ1n) is 4.32. The SMILES string of the molecule is CCC1=[N+]([O-])C(C)(C)C(C)C1. The number of rotatable bonds is 1. The maximum Gasteiger partial charge on any atom is 0.170 e. The molecule has 0 saturated heterocycles. The van der Waals surface area contributed by atoms with Gasteiger partial charge >= 0.3 is 0 Å². The zero-order valence-corrected chi connectivity index (χ0v) is 7.85. The molecule has 1 atom stereocenters. The highest BCUT2D eigenvalue weighted by Crippen LogP contribution is 2.30. The normalized spacial score (nSPS) is 29.6. The predicted molar refractivity (Wildman–Crippen MR) is 46.8 cm³/mol. The summed E-state index contributed by atoms with van der Waals surface area (Å²) in [7, 11) is 0. The quantitative estimate of drug-likeness (QED) is 0.421. The summed E-state index contributed by atoms with van der Waals surface area (Å²) in [6.45, 7) is 8.24. The van der Waals surface area contributed by atoms with Gasteiger partial charge in [-0.1, -0.05) is 13.8 Å². The highest BCUT2D eigenvalue weighted by atomic mass is 16.5. The maximum absolute atomic E-state index is 11.5. The van der Waals surface area contributed by atoms with Crippen LogP contribution in [0.3, 0.4) is 0 Å². The minimum Gasteiger partial charge on any atom is -0.623 e. The van der Waals surface area contributed by atoms with Gasteiger partial charge in [-0.15, -0.1) is 0 Å². The molecule has 11 heavy (non-hydrogen) atoms. The smallest absolute Gasteiger partial charge is 0.170 e. The van der Waals surface area contributed by atoms with Crippen LogP contribution in [0, 0.1) is 11.1 Å². The fraction of sp³-hybridized carbons (Fsp3) is 0.889. The molecule has 2 nitrogen and oxygen atoms in total. The summed E-state index contributed by atoms with van der Waals surface area (Å²) in [6.07, 6.45) is 1.88. The van der Waals surface area contributed by atoms with Crippen molar-refractivity contribution >= 4 is 5.71 Å². The Morgan fingerprint density at radius 2 is 2.18 bits per heavy atom. The molecule has 1 aliphatic heterocycles. The molecule has 0 fully saturated rings. The number of nitrogens with zero attached hydrogens (tertiary/aromatic N) is 1. The van der Waals surface area contributed by atoms with Gasteiger partial charge < -0.3 is 5.21 Å². The van der Waals surface area contributed by atoms with E-state index >= 15 is 0 Å². The van der Waals surface area contributed by atoms with E-state index in [4.69, 9.17) is 0 Å². The van der Waals surface area contributed by atoms with Crippen molar-refractivity contribution in [3.8, 4) is 0 Å². The average Bonchev–Trinajstić information content (AvgIpc) is 2.14. The molecule has 1 unspecified atom stereocenters. The topological polar surface area (TPSA) is 26.1 Å². The van der Waals surface area contributed by atoms with E-state index in [0.717, 1.165) is 18.6 Å². The van der Waals surface area contributed by atoms with Gasteiger partial charge in [-0.2, -0.15) is 0 Å². The minimum atomic E-state index is -0.175. The van der Waals surface area contributed by atoms with Crippen LogP contribution in [0.2, 0.25) is 0 Å². The monoisotopic (exact) mass is 155 g/mol. The van der Waals surface area contributed by atoms with Gasteiger partial charge in [-0.05, 0) is 0 Å². The third-order valence-corrected chi connectivity index (χ3v) is 2.97. The van der Waals surface area contributed by atoms with Crippen LogP contribution >= 0.6 is 0 Å². The average molecular weight is 155 g/mol. The molecule has 0 amide bonds. The predicted octanol–water partition coefficient (Wildman–Crippen LogP) is 2.17. The molecule has 0 bridgehead atoms. The molecule has 0 aromatic carbocycles. The second-order valence-electron chi connectivity index (χ2n) is 3.97. The van der Waals surface area contributed by atoms with Crippen LogP contribution in [-0.2, 0) is 0 Å². The lowest BCUT2D eigenvalue weighted by Gasteiger charge is -2.22. The Balaban J connectivity index is 2.92. The first kappa shape index (κ1) is 8.57. The molecule has 64 valence electrons. The largest absolute Gasteiger partial charge is 0.623 e. The Labute approximate surface area is 68.5 Å². The van der Waals surface area contributed by atoms with Crippen LogP contribution in [-0.4, -0.2) is 16.0 Å². The molecule has 0 radical (unpaired) electrons. The Morgan fingerprint density at radius 3 is 2.36 bits per heavy atom. The van der Waals surface area contributed by atoms with Gasteiger partial charge in [-0.25, -0.2) is 4.74 Å². The molecule has 0 aromatic rings. The van der Waals surface area contributed by atoms with E-state index in [9.17, 15) is 5.21 Å². The van der Waals surface area contributed by atoms with Crippen LogP contribution in [0.4, 0.5) is 0 Å². The molecule has 2 heteroatoms. The molecule has 1 heterocycles. The fourth-order valence-corrected chi connectivity index (χ4v) is 1.58. The molecule has 0 spiro atoms. The second kappa shape index (κ2) is 2.50. The summed E-state index contributed by atoms with van der Waals surface area (Å²) in [4.78, 5) is 0. The van der Waals surface area contributed by atoms with Crippen LogP contribution < -0.4 is 0 Å². The van der Waals surface area contributed by atoms with Crippen LogP contribution in [0.1, 0.15) is 40.5 Å². The Kier molecular flexibility index (Phi) is 1.95. The second-order valence-corrected chi connectivity index (χ2v) is 3.97. The highest BCUT2D eigenvalue weighted by molar-refractivity contribution is 5.81. The highest BCUT2D eigenvalue weighted by Gasteiger charge is 2.42. The van der Waals surface area contributed by atoms with Gasteiger partial charge in [0.2, 0.25) is 0 Å². The standard InChI is InChI=1S/C9H17NO/c1-5-8-6-7(2)9(3,4)10(8)11/h7H,5-6H2,1-4H3. The van der Waals surface area contributed by atoms with Crippen LogP contribution in [0.15, 0.2) is 0 Å². The van der Waals surface area contributed by atoms with Crippen molar-refractivity contribution in [2.24, 2.45) is 5.92 Å². The lowest BCUT2D eigenvalue weighted by Crippen LogP contribution is -2.34. The third kappa shape index (κ3) is 1.15. The molecule has 1 rings (SSSR count). The molecule has 1 aliphatic rings. The van der Waals surface area contributed by atoms with Gasteiger partial charge in [0.25, 0.3) is 0 Å². The lowest BCUT2D eigenvalue weighted by atomic mass is 9.89. The van der Waals surface area contributed by atoms with Gasteiger partial charge in [0.15, 0.2) is 11.3 Å². The Morgan fingerprint density at radius 1 is 1.64 bits per heavy atom. The van der Waals surface area contributed by atoms with E-state index in [2.05, 4.69) is 6.92 Å². The Hall–Kier alpha value is -0.530. The van der Waals surface area contributed by atoms with Gasteiger partial charge in [0, 0.05) is 32.6 Å². The molecule has 0 aliphatic carbocycles. The number of hydroxylamine groups is 1. The number of hydrogen-bond acceptors (Lipinski definition) is 1. The summed E-state index contributed by atoms with van der Waals surface area (Å²) in [5.41, 5.74) is 0.883. The summed E-state index contributed by atoms with van der Waals surface area (Å²) in [6, 6.07) is 0. The third-order valence-electron chi connectivity index (χ3n) is 2.97. The van der Waals surface area contributed by atoms with Crippen molar-refractivity contribution in [1.29, 1.82) is 0 Å². The van der Waals surface area contributed by atoms with Gasteiger partial charge in [-0.3, -0.25) is 0 Å². The summed E-state index contributed by atoms with van der Waals surface area (Å²) >= 11 is 0. The number of hydrogen-bond donors (Lipinski definition) is 0. The van der Waals surface area contributed by atoms with Crippen molar-refractivity contribution in [3.05, 3.63) is 5.21 Å². The van der Waals surface area contributed by atoms with Crippen LogP contribution in [0.5, 0.6) is 0 Å². The summed E-state index contributed by atoms with van der Waals surface area (Å²) < 4.78 is 1.21. The van der Waals surface area contributed by atoms with E-state index in [1.807, 2.05) is 20.8 Å². The zero-order valence-electron chi connectivity index (χ0n) is 7.85. The van der Waals surface area contributed by atoms with Crippen LogP contribution in [0.25, 0.3) is 0 Å². The molecule has 0 saturated carbocycles. The van der Waals surface area contributed by atoms with E-state index < -0.39 is 0 Å². The van der Waals surface area contributed by atoms with E-state index in [1.54, 1.807) is 0 Å². The van der Waals surface area contributed by atoms with E-state index in [0.29, 0.717) is 5.92 Å². The molecule has 0 N–H and O–H groups in total. The van der Waals surface area contributed by atoms with Gasteiger partial charge in [0.05, 0.1) is 0 Å². The summed E-state index contributed by atoms with van der Waals surface area (Å²) in [5, 5.41) is 11.5. The van der Waals surface area contributed by atoms with E-state index in [1.165, 1.54) is 4.74 Å². The Bertz CT molecular complexity index is 194. The zero-order chi connectivity index (χ0) is 8.65. The molecular formula is C9H17NO. The van der Waals surface area contributed by atoms with E-state index in [-0.39, 0.29) is 5.54 Å². The van der Waals surface area contributed by atoms with Crippen molar-refractivity contribution in [2.45, 2.75) is 46.1 Å². The maximum atomic E-state index is 11.5. The van der Waals surface area contributed by atoms with Crippen molar-refractivity contribution in [2.75, 3.05) is 0 Å².